The summed E-state index contributed by atoms with van der Waals surface area (Å²) in [7, 11) is 0. The van der Waals surface area contributed by atoms with Gasteiger partial charge in [-0.05, 0) is 12.3 Å². The van der Waals surface area contributed by atoms with E-state index in [0.717, 1.165) is 19.3 Å². The van der Waals surface area contributed by atoms with Crippen LogP contribution in [0.5, 0.6) is 0 Å². The number of hydrogen-bond donors (Lipinski definition) is 3. The molecule has 2 amide bonds. The number of rotatable bonds is 7. The monoisotopic (exact) mass is 256 g/mol. The molecule has 4 N–H and O–H groups in total. The summed E-state index contributed by atoms with van der Waals surface area (Å²) in [5.41, 5.74) is 4.93. The van der Waals surface area contributed by atoms with Gasteiger partial charge in [0.2, 0.25) is 11.8 Å². The zero-order valence-corrected chi connectivity index (χ0v) is 10.4. The van der Waals surface area contributed by atoms with Gasteiger partial charge in [0.15, 0.2) is 0 Å². The van der Waals surface area contributed by atoms with E-state index in [2.05, 4.69) is 5.32 Å². The molecule has 1 aliphatic carbocycles. The molecule has 0 aromatic heterocycles. The van der Waals surface area contributed by atoms with Crippen LogP contribution < -0.4 is 11.1 Å². The third-order valence-electron chi connectivity index (χ3n) is 3.29. The predicted octanol–water partition coefficient (Wildman–Crippen LogP) is 0.402. The first-order valence-corrected chi connectivity index (χ1v) is 6.29. The first-order chi connectivity index (χ1) is 8.49. The van der Waals surface area contributed by atoms with Gasteiger partial charge < -0.3 is 16.2 Å². The SMILES string of the molecule is NC(=O)C[C@@H](NC(=O)CCC1CCCC1)C(=O)O. The number of nitrogens with one attached hydrogen (secondary N) is 1. The standard InChI is InChI=1S/C12H20N2O4/c13-10(15)7-9(12(17)18)14-11(16)6-5-8-3-1-2-4-8/h8-9H,1-7H2,(H2,13,15)(H,14,16)(H,17,18)/t9-/m1/s1. The molecular formula is C12H20N2O4. The Labute approximate surface area is 106 Å². The summed E-state index contributed by atoms with van der Waals surface area (Å²) in [6, 6.07) is -1.21. The maximum absolute atomic E-state index is 11.6. The van der Waals surface area contributed by atoms with Gasteiger partial charge in [-0.15, -0.1) is 0 Å². The Balaban J connectivity index is 2.31. The van der Waals surface area contributed by atoms with Gasteiger partial charge in [0.1, 0.15) is 6.04 Å². The normalized spacial score (nSPS) is 17.3. The van der Waals surface area contributed by atoms with Crippen molar-refractivity contribution in [1.29, 1.82) is 0 Å². The number of nitrogens with two attached hydrogens (primary N) is 1. The molecule has 6 heteroatoms. The number of carboxylic acids is 1. The largest absolute Gasteiger partial charge is 0.480 e. The summed E-state index contributed by atoms with van der Waals surface area (Å²) in [4.78, 5) is 33.0. The molecule has 102 valence electrons. The molecule has 1 aliphatic rings. The third kappa shape index (κ3) is 5.16. The van der Waals surface area contributed by atoms with Gasteiger partial charge in [0, 0.05) is 6.42 Å². The minimum atomic E-state index is -1.23. The lowest BCUT2D eigenvalue weighted by atomic mass is 10.0. The van der Waals surface area contributed by atoms with Gasteiger partial charge in [0.25, 0.3) is 0 Å². The van der Waals surface area contributed by atoms with Crippen molar-refractivity contribution in [3.63, 3.8) is 0 Å². The Morgan fingerprint density at radius 1 is 1.28 bits per heavy atom. The highest BCUT2D eigenvalue weighted by atomic mass is 16.4. The van der Waals surface area contributed by atoms with Crippen molar-refractivity contribution in [1.82, 2.24) is 5.32 Å². The summed E-state index contributed by atoms with van der Waals surface area (Å²) >= 11 is 0. The lowest BCUT2D eigenvalue weighted by Crippen LogP contribution is -2.43. The highest BCUT2D eigenvalue weighted by Crippen LogP contribution is 2.28. The molecule has 1 fully saturated rings. The molecule has 1 saturated carbocycles. The lowest BCUT2D eigenvalue weighted by molar-refractivity contribution is -0.143. The fourth-order valence-electron chi connectivity index (χ4n) is 2.30. The minimum absolute atomic E-state index is 0.313. The van der Waals surface area contributed by atoms with Crippen molar-refractivity contribution in [3.8, 4) is 0 Å². The van der Waals surface area contributed by atoms with E-state index in [0.29, 0.717) is 12.3 Å². The van der Waals surface area contributed by atoms with Crippen LogP contribution in [0.15, 0.2) is 0 Å². The van der Waals surface area contributed by atoms with Crippen LogP contribution in [0.4, 0.5) is 0 Å². The van der Waals surface area contributed by atoms with E-state index in [1.807, 2.05) is 0 Å². The highest BCUT2D eigenvalue weighted by Gasteiger charge is 2.23. The Bertz CT molecular complexity index is 324. The van der Waals surface area contributed by atoms with Crippen LogP contribution in [-0.2, 0) is 14.4 Å². The maximum atomic E-state index is 11.6. The van der Waals surface area contributed by atoms with E-state index in [1.54, 1.807) is 0 Å². The van der Waals surface area contributed by atoms with Crippen molar-refractivity contribution in [3.05, 3.63) is 0 Å². The third-order valence-corrected chi connectivity index (χ3v) is 3.29. The van der Waals surface area contributed by atoms with Gasteiger partial charge >= 0.3 is 5.97 Å². The number of carbonyl (C=O) groups is 3. The fourth-order valence-corrected chi connectivity index (χ4v) is 2.30. The van der Waals surface area contributed by atoms with Crippen LogP contribution >= 0.6 is 0 Å². The topological polar surface area (TPSA) is 109 Å². The van der Waals surface area contributed by atoms with E-state index in [4.69, 9.17) is 10.8 Å². The fraction of sp³-hybridized carbons (Fsp3) is 0.750. The van der Waals surface area contributed by atoms with E-state index >= 15 is 0 Å². The van der Waals surface area contributed by atoms with Gasteiger partial charge in [-0.25, -0.2) is 4.79 Å². The molecular weight excluding hydrogens is 236 g/mol. The molecule has 0 heterocycles. The van der Waals surface area contributed by atoms with Gasteiger partial charge in [0.05, 0.1) is 6.42 Å². The molecule has 6 nitrogen and oxygen atoms in total. The second-order valence-electron chi connectivity index (χ2n) is 4.82. The number of carboxylic acid groups (broad SMARTS) is 1. The minimum Gasteiger partial charge on any atom is -0.480 e. The van der Waals surface area contributed by atoms with Crippen molar-refractivity contribution >= 4 is 17.8 Å². The summed E-state index contributed by atoms with van der Waals surface area (Å²) in [5.74, 6) is -1.72. The number of amides is 2. The zero-order valence-electron chi connectivity index (χ0n) is 10.4. The van der Waals surface area contributed by atoms with Gasteiger partial charge in [-0.2, -0.15) is 0 Å². The molecule has 0 unspecified atom stereocenters. The van der Waals surface area contributed by atoms with Crippen molar-refractivity contribution in [2.45, 2.75) is 51.0 Å². The van der Waals surface area contributed by atoms with Crippen molar-refractivity contribution in [2.75, 3.05) is 0 Å². The molecule has 0 bridgehead atoms. The van der Waals surface area contributed by atoms with E-state index < -0.39 is 17.9 Å². The maximum Gasteiger partial charge on any atom is 0.326 e. The summed E-state index contributed by atoms with van der Waals surface area (Å²) < 4.78 is 0. The Hall–Kier alpha value is -1.59. The number of carbonyl (C=O) groups excluding carboxylic acids is 2. The lowest BCUT2D eigenvalue weighted by Gasteiger charge is -2.14. The quantitative estimate of drug-likeness (QED) is 0.612. The van der Waals surface area contributed by atoms with E-state index in [9.17, 15) is 14.4 Å². The number of primary amides is 1. The van der Waals surface area contributed by atoms with Crippen LogP contribution in [-0.4, -0.2) is 28.9 Å². The second kappa shape index (κ2) is 6.98. The summed E-state index contributed by atoms with van der Waals surface area (Å²) in [6.07, 6.45) is 5.46. The number of aliphatic carboxylic acids is 1. The van der Waals surface area contributed by atoms with Gasteiger partial charge in [-0.3, -0.25) is 9.59 Å². The first kappa shape index (κ1) is 14.5. The van der Waals surface area contributed by atoms with Crippen LogP contribution in [0, 0.1) is 5.92 Å². The van der Waals surface area contributed by atoms with Crippen LogP contribution in [0.3, 0.4) is 0 Å². The van der Waals surface area contributed by atoms with Crippen LogP contribution in [0.1, 0.15) is 44.9 Å². The highest BCUT2D eigenvalue weighted by molar-refractivity contribution is 5.88. The molecule has 0 aromatic carbocycles. The van der Waals surface area contributed by atoms with Crippen molar-refractivity contribution < 1.29 is 19.5 Å². The van der Waals surface area contributed by atoms with Crippen LogP contribution in [0.25, 0.3) is 0 Å². The van der Waals surface area contributed by atoms with E-state index in [-0.39, 0.29) is 12.3 Å². The van der Waals surface area contributed by atoms with Crippen LogP contribution in [0.2, 0.25) is 0 Å². The Morgan fingerprint density at radius 2 is 1.89 bits per heavy atom. The average Bonchev–Trinajstić information content (AvgIpc) is 2.77. The Morgan fingerprint density at radius 3 is 2.39 bits per heavy atom. The van der Waals surface area contributed by atoms with Gasteiger partial charge in [-0.1, -0.05) is 25.7 Å². The first-order valence-electron chi connectivity index (χ1n) is 6.29. The molecule has 0 radical (unpaired) electrons. The molecule has 0 spiro atoms. The molecule has 1 atom stereocenters. The molecule has 18 heavy (non-hydrogen) atoms. The molecule has 0 aromatic rings. The molecule has 0 saturated heterocycles. The number of hydrogen-bond acceptors (Lipinski definition) is 3. The predicted molar refractivity (Wildman–Crippen MR) is 64.6 cm³/mol. The smallest absolute Gasteiger partial charge is 0.326 e. The summed E-state index contributed by atoms with van der Waals surface area (Å²) in [6.45, 7) is 0. The zero-order chi connectivity index (χ0) is 13.5. The Kier molecular flexibility index (Phi) is 5.61. The average molecular weight is 256 g/mol. The molecule has 1 rings (SSSR count). The molecule has 0 aliphatic heterocycles. The summed E-state index contributed by atoms with van der Waals surface area (Å²) in [5, 5.41) is 11.2. The van der Waals surface area contributed by atoms with Crippen molar-refractivity contribution in [2.24, 2.45) is 11.7 Å². The van der Waals surface area contributed by atoms with E-state index in [1.165, 1.54) is 12.8 Å². The second-order valence-corrected chi connectivity index (χ2v) is 4.82.